The summed E-state index contributed by atoms with van der Waals surface area (Å²) < 4.78 is 7.30. The summed E-state index contributed by atoms with van der Waals surface area (Å²) in [7, 11) is 0. The van der Waals surface area contributed by atoms with E-state index in [9.17, 15) is 15.4 Å². The fraction of sp³-hybridized carbons (Fsp3) is 0.0385. The third kappa shape index (κ3) is 5.30. The molecule has 0 spiro atoms. The number of nitro benzene ring substituents is 1. The van der Waals surface area contributed by atoms with Gasteiger partial charge in [0.25, 0.3) is 5.69 Å². The number of benzene rings is 4. The number of halogens is 2. The second kappa shape index (κ2) is 9.99. The first kappa shape index (κ1) is 22.7. The van der Waals surface area contributed by atoms with E-state index in [1.165, 1.54) is 12.1 Å². The summed E-state index contributed by atoms with van der Waals surface area (Å²) in [6, 6.07) is 26.3. The molecular formula is C26H16Br2N2O3. The topological polar surface area (TPSA) is 76.2 Å². The number of allylic oxidation sites excluding steroid dienone is 1. The van der Waals surface area contributed by atoms with E-state index in [2.05, 4.69) is 37.9 Å². The Bertz CT molecular complexity index is 1420. The Balaban J connectivity index is 1.59. The number of hydrogen-bond donors (Lipinski definition) is 0. The minimum Gasteiger partial charge on any atom is -0.487 e. The third-order valence-corrected chi connectivity index (χ3v) is 6.20. The summed E-state index contributed by atoms with van der Waals surface area (Å²) in [5.74, 6) is 0.572. The molecule has 33 heavy (non-hydrogen) atoms. The Morgan fingerprint density at radius 1 is 0.970 bits per heavy atom. The van der Waals surface area contributed by atoms with Crippen molar-refractivity contribution >= 4 is 60.0 Å². The molecule has 0 heterocycles. The lowest BCUT2D eigenvalue weighted by Crippen LogP contribution is -1.98. The van der Waals surface area contributed by atoms with Crippen molar-refractivity contribution in [3.8, 4) is 11.8 Å². The fourth-order valence-corrected chi connectivity index (χ4v) is 4.87. The Kier molecular flexibility index (Phi) is 6.87. The zero-order chi connectivity index (χ0) is 23.4. The Labute approximate surface area is 207 Å². The molecule has 0 aliphatic rings. The van der Waals surface area contributed by atoms with Crippen LogP contribution in [0.15, 0.2) is 87.8 Å². The number of hydrogen-bond acceptors (Lipinski definition) is 4. The molecule has 4 rings (SSSR count). The van der Waals surface area contributed by atoms with E-state index in [4.69, 9.17) is 4.74 Å². The van der Waals surface area contributed by atoms with Crippen LogP contribution < -0.4 is 4.74 Å². The van der Waals surface area contributed by atoms with Crippen LogP contribution in [0.25, 0.3) is 22.4 Å². The monoisotopic (exact) mass is 562 g/mol. The van der Waals surface area contributed by atoms with Gasteiger partial charge in [0.2, 0.25) is 0 Å². The minimum atomic E-state index is -0.432. The highest BCUT2D eigenvalue weighted by molar-refractivity contribution is 9.11. The van der Waals surface area contributed by atoms with Gasteiger partial charge >= 0.3 is 0 Å². The van der Waals surface area contributed by atoms with Gasteiger partial charge in [-0.15, -0.1) is 0 Å². The fourth-order valence-electron chi connectivity index (χ4n) is 3.42. The molecule has 0 aromatic heterocycles. The molecular weight excluding hydrogens is 548 g/mol. The normalized spacial score (nSPS) is 11.2. The van der Waals surface area contributed by atoms with Gasteiger partial charge in [0.1, 0.15) is 12.4 Å². The molecule has 4 aromatic carbocycles. The molecule has 0 saturated heterocycles. The molecule has 0 aliphatic heterocycles. The summed E-state index contributed by atoms with van der Waals surface area (Å²) in [6.07, 6.45) is 1.82. The van der Waals surface area contributed by atoms with Crippen molar-refractivity contribution in [1.29, 1.82) is 5.26 Å². The summed E-state index contributed by atoms with van der Waals surface area (Å²) in [4.78, 5) is 10.5. The molecule has 7 heteroatoms. The Hall–Kier alpha value is -3.47. The summed E-state index contributed by atoms with van der Waals surface area (Å²) >= 11 is 7.07. The van der Waals surface area contributed by atoms with E-state index < -0.39 is 4.92 Å². The third-order valence-electron chi connectivity index (χ3n) is 5.02. The lowest BCUT2D eigenvalue weighted by molar-refractivity contribution is -0.384. The van der Waals surface area contributed by atoms with E-state index >= 15 is 0 Å². The first-order chi connectivity index (χ1) is 15.9. The van der Waals surface area contributed by atoms with E-state index in [0.717, 1.165) is 21.9 Å². The molecule has 162 valence electrons. The summed E-state index contributed by atoms with van der Waals surface area (Å²) in [5, 5.41) is 22.9. The van der Waals surface area contributed by atoms with Crippen LogP contribution in [0.5, 0.6) is 5.75 Å². The average molecular weight is 564 g/mol. The minimum absolute atomic E-state index is 0.0208. The van der Waals surface area contributed by atoms with Gasteiger partial charge in [-0.05, 0) is 83.6 Å². The molecule has 0 amide bonds. The van der Waals surface area contributed by atoms with Crippen molar-refractivity contribution in [3.63, 3.8) is 0 Å². The maximum Gasteiger partial charge on any atom is 0.269 e. The second-order valence-corrected chi connectivity index (χ2v) is 8.97. The van der Waals surface area contributed by atoms with Crippen LogP contribution in [0.4, 0.5) is 5.69 Å². The van der Waals surface area contributed by atoms with Crippen LogP contribution in [-0.4, -0.2) is 4.92 Å². The number of nitro groups is 1. The molecule has 4 aromatic rings. The number of fused-ring (bicyclic) bond motifs is 1. The van der Waals surface area contributed by atoms with E-state index in [1.54, 1.807) is 12.1 Å². The number of rotatable bonds is 6. The van der Waals surface area contributed by atoms with Crippen LogP contribution in [0, 0.1) is 21.4 Å². The number of non-ortho nitro benzene ring substituents is 1. The number of nitrogens with zero attached hydrogens (tertiary/aromatic N) is 2. The van der Waals surface area contributed by atoms with E-state index in [0.29, 0.717) is 25.8 Å². The predicted octanol–water partition coefficient (Wildman–Crippen LogP) is 7.92. The van der Waals surface area contributed by atoms with Crippen LogP contribution in [-0.2, 0) is 6.61 Å². The first-order valence-corrected chi connectivity index (χ1v) is 11.5. The first-order valence-electron chi connectivity index (χ1n) is 9.91. The van der Waals surface area contributed by atoms with E-state index in [-0.39, 0.29) is 12.3 Å². The van der Waals surface area contributed by atoms with Gasteiger partial charge in [-0.1, -0.05) is 48.5 Å². The lowest BCUT2D eigenvalue weighted by Gasteiger charge is -2.12. The summed E-state index contributed by atoms with van der Waals surface area (Å²) in [5.41, 5.74) is 2.92. The Morgan fingerprint density at radius 3 is 2.39 bits per heavy atom. The van der Waals surface area contributed by atoms with Gasteiger partial charge in [0, 0.05) is 12.1 Å². The zero-order valence-corrected chi connectivity index (χ0v) is 20.3. The maximum absolute atomic E-state index is 11.0. The molecule has 0 aliphatic carbocycles. The average Bonchev–Trinajstić information content (AvgIpc) is 2.82. The van der Waals surface area contributed by atoms with Gasteiger partial charge in [-0.3, -0.25) is 10.1 Å². The van der Waals surface area contributed by atoms with Crippen LogP contribution in [0.3, 0.4) is 0 Å². The molecule has 0 radical (unpaired) electrons. The number of ether oxygens (including phenoxy) is 1. The SMILES string of the molecule is N#C/C(=C/c1cc(Br)c(OCc2cccc([N+](=O)[O-])c2)c(Br)c1)c1ccc2ccccc2c1. The molecule has 0 saturated carbocycles. The standard InChI is InChI=1S/C26H16Br2N2O3/c27-24-12-18(10-22(15-29)21-9-8-19-5-1-2-6-20(19)14-21)13-25(28)26(24)33-16-17-4-3-7-23(11-17)30(31)32/h1-14H,16H2/b22-10-. The molecule has 0 bridgehead atoms. The zero-order valence-electron chi connectivity index (χ0n) is 17.2. The molecule has 0 atom stereocenters. The summed E-state index contributed by atoms with van der Waals surface area (Å²) in [6.45, 7) is 0.175. The highest BCUT2D eigenvalue weighted by atomic mass is 79.9. The second-order valence-electron chi connectivity index (χ2n) is 7.26. The molecule has 0 N–H and O–H groups in total. The predicted molar refractivity (Wildman–Crippen MR) is 137 cm³/mol. The Morgan fingerprint density at radius 2 is 1.70 bits per heavy atom. The van der Waals surface area contributed by atoms with E-state index in [1.807, 2.05) is 60.7 Å². The van der Waals surface area contributed by atoms with Gasteiger partial charge in [0.05, 0.1) is 25.5 Å². The van der Waals surface area contributed by atoms with Crippen molar-refractivity contribution in [2.45, 2.75) is 6.61 Å². The smallest absolute Gasteiger partial charge is 0.269 e. The maximum atomic E-state index is 11.0. The van der Waals surface area contributed by atoms with Gasteiger partial charge in [-0.2, -0.15) is 5.26 Å². The highest BCUT2D eigenvalue weighted by Crippen LogP contribution is 2.36. The quantitative estimate of drug-likeness (QED) is 0.103. The van der Waals surface area contributed by atoms with Gasteiger partial charge in [-0.25, -0.2) is 0 Å². The van der Waals surface area contributed by atoms with Crippen molar-refractivity contribution in [2.75, 3.05) is 0 Å². The largest absolute Gasteiger partial charge is 0.487 e. The lowest BCUT2D eigenvalue weighted by atomic mass is 10.0. The van der Waals surface area contributed by atoms with Gasteiger partial charge in [0.15, 0.2) is 0 Å². The van der Waals surface area contributed by atoms with Crippen LogP contribution in [0.1, 0.15) is 16.7 Å². The molecule has 0 unspecified atom stereocenters. The molecule has 0 fully saturated rings. The van der Waals surface area contributed by atoms with Crippen molar-refractivity contribution in [3.05, 3.63) is 115 Å². The van der Waals surface area contributed by atoms with Crippen LogP contribution in [0.2, 0.25) is 0 Å². The van der Waals surface area contributed by atoms with Crippen molar-refractivity contribution in [1.82, 2.24) is 0 Å². The van der Waals surface area contributed by atoms with Crippen molar-refractivity contribution < 1.29 is 9.66 Å². The van der Waals surface area contributed by atoms with Crippen LogP contribution >= 0.6 is 31.9 Å². The highest BCUT2D eigenvalue weighted by Gasteiger charge is 2.12. The number of nitriles is 1. The molecule has 5 nitrogen and oxygen atoms in total. The van der Waals surface area contributed by atoms with Gasteiger partial charge < -0.3 is 4.74 Å². The van der Waals surface area contributed by atoms with Crippen molar-refractivity contribution in [2.24, 2.45) is 0 Å².